The van der Waals surface area contributed by atoms with E-state index in [1.54, 1.807) is 43.8 Å². The van der Waals surface area contributed by atoms with Crippen LogP contribution in [0.15, 0.2) is 67.0 Å². The van der Waals surface area contributed by atoms with Crippen LogP contribution in [-0.2, 0) is 16.0 Å². The number of aromatic nitrogens is 2. The Hall–Kier alpha value is -4.77. The van der Waals surface area contributed by atoms with Gasteiger partial charge in [-0.2, -0.15) is 0 Å². The number of fused-ring (bicyclic) bond motifs is 1. The molecular weight excluding hydrogens is 553 g/mol. The average Bonchev–Trinajstić information content (AvgIpc) is 3.02. The molecule has 2 aromatic carbocycles. The molecule has 0 radical (unpaired) electrons. The molecule has 1 fully saturated rings. The molecular formula is C32H36FN5O5. The van der Waals surface area contributed by atoms with Crippen LogP contribution in [0.1, 0.15) is 26.0 Å². The number of hydrogen-bond acceptors (Lipinski definition) is 8. The first-order valence-corrected chi connectivity index (χ1v) is 13.8. The van der Waals surface area contributed by atoms with Crippen molar-refractivity contribution in [1.82, 2.24) is 20.6 Å². The van der Waals surface area contributed by atoms with Crippen LogP contribution in [0, 0.1) is 11.7 Å². The predicted octanol–water partition coefficient (Wildman–Crippen LogP) is 4.88. The monoisotopic (exact) mass is 589 g/mol. The summed E-state index contributed by atoms with van der Waals surface area (Å²) in [5.41, 5.74) is 1.51. The molecule has 11 heteroatoms. The highest BCUT2D eigenvalue weighted by Gasteiger charge is 2.18. The molecule has 0 bridgehead atoms. The van der Waals surface area contributed by atoms with E-state index in [2.05, 4.69) is 25.9 Å². The first-order chi connectivity index (χ1) is 20.5. The molecule has 0 spiro atoms. The molecule has 2 aromatic heterocycles. The molecule has 0 aliphatic carbocycles. The molecule has 0 atom stereocenters. The second-order valence-electron chi connectivity index (χ2n) is 9.86. The first-order valence-electron chi connectivity index (χ1n) is 13.8. The lowest BCUT2D eigenvalue weighted by molar-refractivity contribution is -0.136. The number of carbonyl (C=O) groups excluding carboxylic acids is 2. The van der Waals surface area contributed by atoms with Crippen molar-refractivity contribution in [3.8, 4) is 23.0 Å². The summed E-state index contributed by atoms with van der Waals surface area (Å²) in [4.78, 5) is 33.0. The van der Waals surface area contributed by atoms with Crippen LogP contribution in [0.4, 0.5) is 10.1 Å². The quantitative estimate of drug-likeness (QED) is 0.224. The van der Waals surface area contributed by atoms with E-state index in [1.807, 2.05) is 12.1 Å². The summed E-state index contributed by atoms with van der Waals surface area (Å²) in [7, 11) is 1.56. The fourth-order valence-corrected chi connectivity index (χ4v) is 4.64. The zero-order chi connectivity index (χ0) is 29.3. The third kappa shape index (κ3) is 8.16. The van der Waals surface area contributed by atoms with E-state index in [4.69, 9.17) is 14.2 Å². The number of benzene rings is 2. The minimum Gasteiger partial charge on any atom is -0.493 e. The number of hydrogen-bond donors (Lipinski definition) is 3. The van der Waals surface area contributed by atoms with Gasteiger partial charge in [-0.05, 0) is 68.2 Å². The van der Waals surface area contributed by atoms with Gasteiger partial charge in [-0.1, -0.05) is 13.5 Å². The summed E-state index contributed by atoms with van der Waals surface area (Å²) in [6.45, 7) is 2.79. The van der Waals surface area contributed by atoms with Crippen LogP contribution in [0.2, 0.25) is 0 Å². The molecule has 1 aliphatic heterocycles. The van der Waals surface area contributed by atoms with Crippen LogP contribution < -0.4 is 30.2 Å². The second kappa shape index (κ2) is 14.9. The number of amides is 2. The van der Waals surface area contributed by atoms with Crippen LogP contribution in [0.3, 0.4) is 0 Å². The number of carbonyl (C=O) groups is 2. The number of ether oxygens (including phenoxy) is 3. The van der Waals surface area contributed by atoms with E-state index >= 15 is 4.39 Å². The maximum absolute atomic E-state index is 15.0. The number of halogens is 1. The molecule has 2 amide bonds. The van der Waals surface area contributed by atoms with E-state index in [0.29, 0.717) is 47.1 Å². The zero-order valence-electron chi connectivity index (χ0n) is 23.2. The van der Waals surface area contributed by atoms with E-state index in [1.165, 1.54) is 12.1 Å². The zero-order valence-corrected chi connectivity index (χ0v) is 23.2. The Morgan fingerprint density at radius 1 is 0.953 bits per heavy atom. The number of nitrogens with one attached hydrogen (secondary N) is 3. The number of pyridine rings is 2. The van der Waals surface area contributed by atoms with Crippen molar-refractivity contribution in [1.29, 1.82) is 0 Å². The Labute approximate surface area is 250 Å². The van der Waals surface area contributed by atoms with Crippen molar-refractivity contribution in [2.24, 2.45) is 5.92 Å². The van der Waals surface area contributed by atoms with E-state index in [-0.39, 0.29) is 25.4 Å². The molecule has 10 nitrogen and oxygen atoms in total. The molecule has 0 unspecified atom stereocenters. The summed E-state index contributed by atoms with van der Waals surface area (Å²) in [6.07, 6.45) is 5.81. The molecule has 1 saturated heterocycles. The van der Waals surface area contributed by atoms with Gasteiger partial charge in [0.05, 0.1) is 19.2 Å². The normalized spacial score (nSPS) is 13.1. The summed E-state index contributed by atoms with van der Waals surface area (Å²) in [5, 5.41) is 8.89. The van der Waals surface area contributed by atoms with E-state index in [9.17, 15) is 9.59 Å². The van der Waals surface area contributed by atoms with Gasteiger partial charge in [-0.3, -0.25) is 19.6 Å². The van der Waals surface area contributed by atoms with Gasteiger partial charge in [-0.25, -0.2) is 4.39 Å². The number of nitrogens with zero attached hydrogens (tertiary/aromatic N) is 2. The van der Waals surface area contributed by atoms with Crippen LogP contribution in [-0.4, -0.2) is 55.1 Å². The lowest BCUT2D eigenvalue weighted by Gasteiger charge is -2.23. The smallest absolute Gasteiger partial charge is 0.313 e. The largest absolute Gasteiger partial charge is 0.493 e. The number of piperidine rings is 1. The highest BCUT2D eigenvalue weighted by atomic mass is 19.1. The third-order valence-electron chi connectivity index (χ3n) is 6.93. The van der Waals surface area contributed by atoms with Crippen molar-refractivity contribution in [3.05, 3.63) is 78.5 Å². The van der Waals surface area contributed by atoms with Gasteiger partial charge in [0.2, 0.25) is 0 Å². The highest BCUT2D eigenvalue weighted by molar-refractivity contribution is 6.39. The SMILES string of the molecule is C.COc1cc2c(Oc3ccc(NC(=O)C(=O)NCCc4ccccn4)cc3F)ccnc2cc1OCC1CCNCC1. The Kier molecular flexibility index (Phi) is 10.8. The van der Waals surface area contributed by atoms with Crippen LogP contribution in [0.25, 0.3) is 10.9 Å². The number of methoxy groups -OCH3 is 1. The maximum Gasteiger partial charge on any atom is 0.313 e. The van der Waals surface area contributed by atoms with Gasteiger partial charge in [0.15, 0.2) is 23.1 Å². The summed E-state index contributed by atoms with van der Waals surface area (Å²) in [6, 6.07) is 14.6. The molecule has 1 aliphatic rings. The fraction of sp³-hybridized carbons (Fsp3) is 0.312. The van der Waals surface area contributed by atoms with Gasteiger partial charge >= 0.3 is 11.8 Å². The number of rotatable bonds is 10. The molecule has 3 heterocycles. The molecule has 0 saturated carbocycles. The highest BCUT2D eigenvalue weighted by Crippen LogP contribution is 2.38. The van der Waals surface area contributed by atoms with Gasteiger partial charge in [0.25, 0.3) is 0 Å². The fourth-order valence-electron chi connectivity index (χ4n) is 4.64. The van der Waals surface area contributed by atoms with Gasteiger partial charge in [-0.15, -0.1) is 0 Å². The standard InChI is InChI=1S/C31H32FN5O5.CH4/c1-40-28-17-23-25(18-29(28)41-19-20-7-12-33-13-8-20)35-15-10-26(23)42-27-6-5-22(16-24(27)32)37-31(39)30(38)36-14-9-21-4-2-3-11-34-21;/h2-6,10-11,15-18,20,33H,7-9,12-14,19H2,1H3,(H,36,38)(H,37,39);1H4. The third-order valence-corrected chi connectivity index (χ3v) is 6.93. The maximum atomic E-state index is 15.0. The van der Waals surface area contributed by atoms with Gasteiger partial charge in [0, 0.05) is 54.3 Å². The predicted molar refractivity (Wildman–Crippen MR) is 162 cm³/mol. The number of anilines is 1. The van der Waals surface area contributed by atoms with Crippen LogP contribution in [0.5, 0.6) is 23.0 Å². The van der Waals surface area contributed by atoms with Crippen molar-refractivity contribution < 1.29 is 28.2 Å². The van der Waals surface area contributed by atoms with Crippen LogP contribution >= 0.6 is 0 Å². The van der Waals surface area contributed by atoms with Gasteiger partial charge < -0.3 is 30.2 Å². The van der Waals surface area contributed by atoms with Crippen molar-refractivity contribution in [2.45, 2.75) is 26.7 Å². The average molecular weight is 590 g/mol. The Morgan fingerprint density at radius 3 is 2.53 bits per heavy atom. The lowest BCUT2D eigenvalue weighted by Crippen LogP contribution is -2.36. The summed E-state index contributed by atoms with van der Waals surface area (Å²) >= 11 is 0. The first kappa shape index (κ1) is 31.2. The molecule has 3 N–H and O–H groups in total. The summed E-state index contributed by atoms with van der Waals surface area (Å²) in [5.74, 6) is -0.584. The second-order valence-corrected chi connectivity index (χ2v) is 9.86. The lowest BCUT2D eigenvalue weighted by atomic mass is 9.99. The van der Waals surface area contributed by atoms with Crippen molar-refractivity contribution in [3.63, 3.8) is 0 Å². The molecule has 4 aromatic rings. The molecule has 226 valence electrons. The Morgan fingerprint density at radius 2 is 1.79 bits per heavy atom. The molecule has 43 heavy (non-hydrogen) atoms. The van der Waals surface area contributed by atoms with E-state index < -0.39 is 17.6 Å². The minimum atomic E-state index is -0.908. The van der Waals surface area contributed by atoms with Crippen molar-refractivity contribution >= 4 is 28.4 Å². The van der Waals surface area contributed by atoms with Gasteiger partial charge in [0.1, 0.15) is 5.75 Å². The Bertz CT molecular complexity index is 1550. The summed E-state index contributed by atoms with van der Waals surface area (Å²) < 4.78 is 32.6. The molecule has 5 rings (SSSR count). The van der Waals surface area contributed by atoms with E-state index in [0.717, 1.165) is 37.7 Å². The van der Waals surface area contributed by atoms with Crippen molar-refractivity contribution in [2.75, 3.05) is 38.7 Å². The minimum absolute atomic E-state index is 0. The topological polar surface area (TPSA) is 124 Å². The Balaban J connectivity index is 0.00000423.